The van der Waals surface area contributed by atoms with E-state index in [0.717, 1.165) is 77.3 Å². The predicted molar refractivity (Wildman–Crippen MR) is 130 cm³/mol. The van der Waals surface area contributed by atoms with Crippen molar-refractivity contribution in [3.05, 3.63) is 35.9 Å². The number of nitrogens with one attached hydrogen (secondary N) is 1. The van der Waals surface area contributed by atoms with E-state index < -0.39 is 0 Å². The van der Waals surface area contributed by atoms with Gasteiger partial charge in [-0.05, 0) is 51.1 Å². The molecule has 3 rings (SSSR count). The molecule has 1 atom stereocenters. The van der Waals surface area contributed by atoms with Gasteiger partial charge in [-0.1, -0.05) is 30.3 Å². The maximum absolute atomic E-state index is 5.49. The molecule has 2 saturated heterocycles. The zero-order chi connectivity index (χ0) is 21.9. The van der Waals surface area contributed by atoms with Gasteiger partial charge in [0.25, 0.3) is 0 Å². The molecule has 1 unspecified atom stereocenters. The van der Waals surface area contributed by atoms with Gasteiger partial charge >= 0.3 is 0 Å². The second kappa shape index (κ2) is 13.0. The van der Waals surface area contributed by atoms with E-state index in [1.54, 1.807) is 0 Å². The van der Waals surface area contributed by atoms with Crippen molar-refractivity contribution in [2.45, 2.75) is 38.6 Å². The van der Waals surface area contributed by atoms with Crippen LogP contribution in [0.15, 0.2) is 35.3 Å². The third kappa shape index (κ3) is 7.78. The van der Waals surface area contributed by atoms with E-state index >= 15 is 0 Å². The highest BCUT2D eigenvalue weighted by molar-refractivity contribution is 5.79. The standard InChI is InChI=1S/C25H43N5O/c1-4-26-25(29(3)16-11-22-12-19-31-20-13-22)27-14-8-15-30-18-17-28(2)21-24(30)23-9-6-5-7-10-23/h5-7,9-10,22,24H,4,8,11-21H2,1-3H3,(H,26,27). The van der Waals surface area contributed by atoms with Crippen molar-refractivity contribution in [1.82, 2.24) is 20.0 Å². The molecule has 0 amide bonds. The smallest absolute Gasteiger partial charge is 0.193 e. The van der Waals surface area contributed by atoms with Crippen LogP contribution < -0.4 is 5.32 Å². The molecule has 0 aliphatic carbocycles. The van der Waals surface area contributed by atoms with E-state index in [-0.39, 0.29) is 0 Å². The molecule has 1 aromatic rings. The highest BCUT2D eigenvalue weighted by Gasteiger charge is 2.26. The predicted octanol–water partition coefficient (Wildman–Crippen LogP) is 3.08. The lowest BCUT2D eigenvalue weighted by Crippen LogP contribution is -2.47. The number of aliphatic imine (C=N–C) groups is 1. The number of benzene rings is 1. The number of piperazine rings is 1. The van der Waals surface area contributed by atoms with Crippen molar-refractivity contribution in [3.63, 3.8) is 0 Å². The van der Waals surface area contributed by atoms with Crippen LogP contribution in [-0.2, 0) is 4.74 Å². The molecule has 0 bridgehead atoms. The Hall–Kier alpha value is -1.63. The van der Waals surface area contributed by atoms with E-state index in [1.807, 2.05) is 0 Å². The number of hydrogen-bond donors (Lipinski definition) is 1. The summed E-state index contributed by atoms with van der Waals surface area (Å²) >= 11 is 0. The lowest BCUT2D eigenvalue weighted by Gasteiger charge is -2.40. The third-order valence-corrected chi connectivity index (χ3v) is 6.65. The fourth-order valence-corrected chi connectivity index (χ4v) is 4.66. The first-order valence-corrected chi connectivity index (χ1v) is 12.2. The van der Waals surface area contributed by atoms with E-state index in [0.29, 0.717) is 6.04 Å². The molecule has 6 nitrogen and oxygen atoms in total. The Morgan fingerprint density at radius 2 is 1.97 bits per heavy atom. The molecule has 0 aromatic heterocycles. The normalized spacial score (nSPS) is 21.9. The second-order valence-corrected chi connectivity index (χ2v) is 9.08. The minimum absolute atomic E-state index is 0.485. The molecule has 0 spiro atoms. The van der Waals surface area contributed by atoms with E-state index in [9.17, 15) is 0 Å². The molecule has 1 aromatic carbocycles. The van der Waals surface area contributed by atoms with Gasteiger partial charge in [0.2, 0.25) is 0 Å². The number of guanidine groups is 1. The van der Waals surface area contributed by atoms with Gasteiger partial charge in [-0.15, -0.1) is 0 Å². The Balaban J connectivity index is 1.48. The van der Waals surface area contributed by atoms with Crippen LogP contribution in [0.2, 0.25) is 0 Å². The molecule has 2 heterocycles. The zero-order valence-corrected chi connectivity index (χ0v) is 19.9. The van der Waals surface area contributed by atoms with Gasteiger partial charge in [0.1, 0.15) is 0 Å². The molecule has 1 N–H and O–H groups in total. The summed E-state index contributed by atoms with van der Waals surface area (Å²) in [6.07, 6.45) is 4.73. The van der Waals surface area contributed by atoms with Crippen LogP contribution in [0.25, 0.3) is 0 Å². The third-order valence-electron chi connectivity index (χ3n) is 6.65. The maximum atomic E-state index is 5.49. The molecule has 0 radical (unpaired) electrons. The van der Waals surface area contributed by atoms with Crippen molar-refractivity contribution in [3.8, 4) is 0 Å². The number of ether oxygens (including phenoxy) is 1. The summed E-state index contributed by atoms with van der Waals surface area (Å²) in [4.78, 5) is 12.3. The first-order valence-electron chi connectivity index (χ1n) is 12.2. The lowest BCUT2D eigenvalue weighted by atomic mass is 9.96. The summed E-state index contributed by atoms with van der Waals surface area (Å²) < 4.78 is 5.49. The zero-order valence-electron chi connectivity index (χ0n) is 19.9. The molecule has 2 aliphatic rings. The van der Waals surface area contributed by atoms with Crippen molar-refractivity contribution in [2.24, 2.45) is 10.9 Å². The van der Waals surface area contributed by atoms with Crippen molar-refractivity contribution < 1.29 is 4.74 Å². The molecule has 174 valence electrons. The van der Waals surface area contributed by atoms with Gasteiger partial charge < -0.3 is 19.9 Å². The minimum Gasteiger partial charge on any atom is -0.381 e. The molecular weight excluding hydrogens is 386 g/mol. The van der Waals surface area contributed by atoms with Gasteiger partial charge in [0, 0.05) is 72.1 Å². The van der Waals surface area contributed by atoms with Gasteiger partial charge in [-0.2, -0.15) is 0 Å². The van der Waals surface area contributed by atoms with Gasteiger partial charge in [-0.25, -0.2) is 0 Å². The Morgan fingerprint density at radius 3 is 2.71 bits per heavy atom. The monoisotopic (exact) mass is 429 g/mol. The van der Waals surface area contributed by atoms with Gasteiger partial charge in [0.05, 0.1) is 0 Å². The first-order chi connectivity index (χ1) is 15.2. The second-order valence-electron chi connectivity index (χ2n) is 9.08. The van der Waals surface area contributed by atoms with Crippen molar-refractivity contribution in [1.29, 1.82) is 0 Å². The quantitative estimate of drug-likeness (QED) is 0.371. The summed E-state index contributed by atoms with van der Waals surface area (Å²) in [5, 5.41) is 3.48. The van der Waals surface area contributed by atoms with Crippen LogP contribution in [0.3, 0.4) is 0 Å². The molecule has 2 fully saturated rings. The maximum Gasteiger partial charge on any atom is 0.193 e. The Bertz CT molecular complexity index is 647. The highest BCUT2D eigenvalue weighted by atomic mass is 16.5. The summed E-state index contributed by atoms with van der Waals surface area (Å²) in [5.41, 5.74) is 1.43. The van der Waals surface area contributed by atoms with Crippen LogP contribution in [0, 0.1) is 5.92 Å². The summed E-state index contributed by atoms with van der Waals surface area (Å²) in [5.74, 6) is 1.85. The largest absolute Gasteiger partial charge is 0.381 e. The van der Waals surface area contributed by atoms with E-state index in [1.165, 1.54) is 24.8 Å². The average Bonchev–Trinajstić information content (AvgIpc) is 2.81. The number of hydrogen-bond acceptors (Lipinski definition) is 4. The summed E-state index contributed by atoms with van der Waals surface area (Å²) in [6, 6.07) is 11.4. The number of rotatable bonds is 9. The van der Waals surface area contributed by atoms with Crippen LogP contribution in [0.4, 0.5) is 0 Å². The Labute approximate surface area is 189 Å². The van der Waals surface area contributed by atoms with Crippen molar-refractivity contribution in [2.75, 3.05) is 73.1 Å². The van der Waals surface area contributed by atoms with Gasteiger partial charge in [-0.3, -0.25) is 9.89 Å². The van der Waals surface area contributed by atoms with Crippen LogP contribution in [-0.4, -0.2) is 93.8 Å². The fraction of sp³-hybridized carbons (Fsp3) is 0.720. The van der Waals surface area contributed by atoms with Crippen molar-refractivity contribution >= 4 is 5.96 Å². The number of nitrogens with zero attached hydrogens (tertiary/aromatic N) is 4. The lowest BCUT2D eigenvalue weighted by molar-refractivity contribution is 0.0625. The Morgan fingerprint density at radius 1 is 1.19 bits per heavy atom. The SMILES string of the molecule is CCNC(=NCCCN1CCN(C)CC1c1ccccc1)N(C)CCC1CCOCC1. The molecule has 31 heavy (non-hydrogen) atoms. The molecule has 0 saturated carbocycles. The molecule has 6 heteroatoms. The van der Waals surface area contributed by atoms with Gasteiger partial charge in [0.15, 0.2) is 5.96 Å². The number of likely N-dealkylation sites (N-methyl/N-ethyl adjacent to an activating group) is 1. The fourth-order valence-electron chi connectivity index (χ4n) is 4.66. The van der Waals surface area contributed by atoms with E-state index in [4.69, 9.17) is 9.73 Å². The van der Waals surface area contributed by atoms with Crippen LogP contribution in [0.1, 0.15) is 44.2 Å². The van der Waals surface area contributed by atoms with Crippen LogP contribution >= 0.6 is 0 Å². The summed E-state index contributed by atoms with van der Waals surface area (Å²) in [6.45, 7) is 11.3. The summed E-state index contributed by atoms with van der Waals surface area (Å²) in [7, 11) is 4.41. The average molecular weight is 430 g/mol. The van der Waals surface area contributed by atoms with E-state index in [2.05, 4.69) is 71.4 Å². The molecule has 2 aliphatic heterocycles. The first kappa shape index (κ1) is 24.0. The minimum atomic E-state index is 0.485. The van der Waals surface area contributed by atoms with Crippen LogP contribution in [0.5, 0.6) is 0 Å². The molecular formula is C25H43N5O. The topological polar surface area (TPSA) is 43.3 Å². The highest BCUT2D eigenvalue weighted by Crippen LogP contribution is 2.24. The Kier molecular flexibility index (Phi) is 10.1.